The minimum absolute atomic E-state index is 0.00796. The van der Waals surface area contributed by atoms with Gasteiger partial charge in [0.2, 0.25) is 0 Å². The van der Waals surface area contributed by atoms with Gasteiger partial charge in [0.15, 0.2) is 6.61 Å². The van der Waals surface area contributed by atoms with Gasteiger partial charge in [0.05, 0.1) is 17.6 Å². The van der Waals surface area contributed by atoms with Crippen LogP contribution >= 0.6 is 0 Å². The van der Waals surface area contributed by atoms with Gasteiger partial charge in [-0.15, -0.1) is 5.11 Å². The average molecular weight is 467 g/mol. The lowest BCUT2D eigenvalue weighted by Crippen LogP contribution is -2.24. The van der Waals surface area contributed by atoms with E-state index in [2.05, 4.69) is 34.6 Å². The normalized spacial score (nSPS) is 11.5. The summed E-state index contributed by atoms with van der Waals surface area (Å²) in [4.78, 5) is 12.1. The van der Waals surface area contributed by atoms with Crippen LogP contribution in [0.2, 0.25) is 0 Å². The topological polar surface area (TPSA) is 95.6 Å². The first-order valence-corrected chi connectivity index (χ1v) is 11.3. The molecular weight excluding hydrogens is 440 g/mol. The lowest BCUT2D eigenvalue weighted by molar-refractivity contribution is -0.123. The average Bonchev–Trinajstić information content (AvgIpc) is 2.88. The first-order chi connectivity index (χ1) is 17.0. The van der Waals surface area contributed by atoms with E-state index in [0.29, 0.717) is 22.9 Å². The summed E-state index contributed by atoms with van der Waals surface area (Å²) < 4.78 is 5.49. The quantitative estimate of drug-likeness (QED) is 0.174. The van der Waals surface area contributed by atoms with E-state index in [1.165, 1.54) is 17.8 Å². The Bertz CT molecular complexity index is 1370. The number of amides is 1. The lowest BCUT2D eigenvalue weighted by Gasteiger charge is -2.08. The maximum absolute atomic E-state index is 12.1. The van der Waals surface area contributed by atoms with Crippen LogP contribution in [0.25, 0.3) is 10.8 Å². The van der Waals surface area contributed by atoms with Gasteiger partial charge >= 0.3 is 0 Å². The van der Waals surface area contributed by atoms with Crippen LogP contribution < -0.4 is 10.2 Å². The number of hydrogen-bond acceptors (Lipinski definition) is 6. The van der Waals surface area contributed by atoms with Crippen molar-refractivity contribution >= 4 is 34.3 Å². The summed E-state index contributed by atoms with van der Waals surface area (Å²) in [7, 11) is 0. The van der Waals surface area contributed by atoms with Crippen molar-refractivity contribution in [2.24, 2.45) is 15.3 Å². The molecule has 0 aliphatic rings. The van der Waals surface area contributed by atoms with Crippen molar-refractivity contribution in [2.75, 3.05) is 6.61 Å². The van der Waals surface area contributed by atoms with Gasteiger partial charge in [-0.2, -0.15) is 10.2 Å². The van der Waals surface area contributed by atoms with Gasteiger partial charge in [-0.3, -0.25) is 4.79 Å². The number of aromatic hydroxyl groups is 1. The molecule has 7 heteroatoms. The van der Waals surface area contributed by atoms with E-state index in [1.807, 2.05) is 66.7 Å². The molecule has 4 aromatic carbocycles. The van der Waals surface area contributed by atoms with Crippen LogP contribution in [0.4, 0.5) is 11.4 Å². The van der Waals surface area contributed by atoms with Crippen LogP contribution in [0.3, 0.4) is 0 Å². The number of nitrogens with one attached hydrogen (secondary N) is 1. The number of hydrazone groups is 1. The molecule has 0 saturated carbocycles. The largest absolute Gasteiger partial charge is 0.507 e. The Kier molecular flexibility index (Phi) is 7.47. The maximum atomic E-state index is 12.1. The van der Waals surface area contributed by atoms with Gasteiger partial charge in [0, 0.05) is 10.9 Å². The van der Waals surface area contributed by atoms with Gasteiger partial charge in [-0.1, -0.05) is 62.4 Å². The molecule has 2 N–H and O–H groups in total. The number of phenols is 1. The van der Waals surface area contributed by atoms with Gasteiger partial charge in [0.1, 0.15) is 11.5 Å². The molecule has 4 aromatic rings. The van der Waals surface area contributed by atoms with Crippen molar-refractivity contribution in [3.63, 3.8) is 0 Å². The Hall–Kier alpha value is -4.52. The number of hydrogen-bond donors (Lipinski definition) is 2. The molecule has 7 nitrogen and oxygen atoms in total. The minimum atomic E-state index is -0.416. The standard InChI is InChI=1S/C28H26N4O3/c1-19(2)20-10-13-24(14-11-20)35-18-28(34)32-29-17-22-16-23(12-15-27(22)33)30-31-26-9-5-7-21-6-3-4-8-25(21)26/h3-17,19,33H,18H2,1-2H3,(H,32,34)/b29-17+,31-30?. The Morgan fingerprint density at radius 3 is 2.54 bits per heavy atom. The summed E-state index contributed by atoms with van der Waals surface area (Å²) in [6, 6.07) is 26.2. The number of carbonyl (C=O) groups excluding carboxylic acids is 1. The number of carbonyl (C=O) groups is 1. The highest BCUT2D eigenvalue weighted by Gasteiger charge is 2.05. The second-order valence-electron chi connectivity index (χ2n) is 8.25. The van der Waals surface area contributed by atoms with E-state index < -0.39 is 5.91 Å². The fourth-order valence-electron chi connectivity index (χ4n) is 3.42. The first kappa shape index (κ1) is 23.6. The predicted molar refractivity (Wildman–Crippen MR) is 138 cm³/mol. The van der Waals surface area contributed by atoms with Gasteiger partial charge in [-0.05, 0) is 53.3 Å². The highest BCUT2D eigenvalue weighted by atomic mass is 16.5. The van der Waals surface area contributed by atoms with Crippen LogP contribution in [0.1, 0.15) is 30.9 Å². The second kappa shape index (κ2) is 11.1. The van der Waals surface area contributed by atoms with Crippen molar-refractivity contribution in [3.8, 4) is 11.5 Å². The van der Waals surface area contributed by atoms with Crippen LogP contribution in [-0.2, 0) is 4.79 Å². The van der Waals surface area contributed by atoms with Crippen molar-refractivity contribution in [2.45, 2.75) is 19.8 Å². The molecule has 0 unspecified atom stereocenters. The van der Waals surface area contributed by atoms with Crippen LogP contribution in [-0.4, -0.2) is 23.8 Å². The van der Waals surface area contributed by atoms with Crippen LogP contribution in [0.5, 0.6) is 11.5 Å². The molecule has 0 aliphatic carbocycles. The third-order valence-corrected chi connectivity index (χ3v) is 5.36. The minimum Gasteiger partial charge on any atom is -0.507 e. The number of rotatable bonds is 8. The number of ether oxygens (including phenoxy) is 1. The third-order valence-electron chi connectivity index (χ3n) is 5.36. The number of nitrogens with zero attached hydrogens (tertiary/aromatic N) is 3. The van der Waals surface area contributed by atoms with Gasteiger partial charge in [-0.25, -0.2) is 5.43 Å². The highest BCUT2D eigenvalue weighted by Crippen LogP contribution is 2.28. The van der Waals surface area contributed by atoms with Crippen molar-refractivity contribution in [3.05, 3.63) is 96.1 Å². The molecule has 0 atom stereocenters. The zero-order valence-corrected chi connectivity index (χ0v) is 19.6. The van der Waals surface area contributed by atoms with E-state index in [4.69, 9.17) is 4.74 Å². The fraction of sp³-hybridized carbons (Fsp3) is 0.143. The van der Waals surface area contributed by atoms with E-state index in [1.54, 1.807) is 12.1 Å². The fourth-order valence-corrected chi connectivity index (χ4v) is 3.42. The molecule has 1 amide bonds. The molecule has 35 heavy (non-hydrogen) atoms. The summed E-state index contributed by atoms with van der Waals surface area (Å²) in [5, 5.41) is 24.8. The summed E-state index contributed by atoms with van der Waals surface area (Å²) in [5.74, 6) is 0.626. The monoisotopic (exact) mass is 466 g/mol. The second-order valence-corrected chi connectivity index (χ2v) is 8.25. The molecule has 176 valence electrons. The Labute approximate surface area is 203 Å². The van der Waals surface area contributed by atoms with Crippen molar-refractivity contribution < 1.29 is 14.6 Å². The summed E-state index contributed by atoms with van der Waals surface area (Å²) in [5.41, 5.74) is 5.27. The Balaban J connectivity index is 1.36. The molecule has 0 saturated heterocycles. The zero-order chi connectivity index (χ0) is 24.6. The van der Waals surface area contributed by atoms with E-state index in [0.717, 1.165) is 16.5 Å². The Morgan fingerprint density at radius 1 is 0.971 bits per heavy atom. The molecule has 0 aliphatic heterocycles. The molecule has 0 spiro atoms. The number of fused-ring (bicyclic) bond motifs is 1. The maximum Gasteiger partial charge on any atom is 0.277 e. The van der Waals surface area contributed by atoms with Gasteiger partial charge < -0.3 is 9.84 Å². The van der Waals surface area contributed by atoms with E-state index >= 15 is 0 Å². The van der Waals surface area contributed by atoms with Crippen LogP contribution in [0, 0.1) is 0 Å². The smallest absolute Gasteiger partial charge is 0.277 e. The van der Waals surface area contributed by atoms with E-state index in [9.17, 15) is 9.90 Å². The van der Waals surface area contributed by atoms with Gasteiger partial charge in [0.25, 0.3) is 5.91 Å². The lowest BCUT2D eigenvalue weighted by atomic mass is 10.0. The van der Waals surface area contributed by atoms with Crippen molar-refractivity contribution in [1.82, 2.24) is 5.43 Å². The first-order valence-electron chi connectivity index (χ1n) is 11.3. The highest BCUT2D eigenvalue weighted by molar-refractivity contribution is 5.92. The molecule has 0 fully saturated rings. The number of azo groups is 1. The summed E-state index contributed by atoms with van der Waals surface area (Å²) >= 11 is 0. The number of benzene rings is 4. The molecule has 0 bridgehead atoms. The Morgan fingerprint density at radius 2 is 1.74 bits per heavy atom. The summed E-state index contributed by atoms with van der Waals surface area (Å²) in [6.07, 6.45) is 1.35. The molecule has 4 rings (SSSR count). The molecule has 0 heterocycles. The van der Waals surface area contributed by atoms with Crippen molar-refractivity contribution in [1.29, 1.82) is 0 Å². The van der Waals surface area contributed by atoms with Crippen LogP contribution in [0.15, 0.2) is 100 Å². The third kappa shape index (κ3) is 6.29. The zero-order valence-electron chi connectivity index (χ0n) is 19.6. The molecule has 0 radical (unpaired) electrons. The number of phenolic OH excluding ortho intramolecular Hbond substituents is 1. The molecule has 0 aromatic heterocycles. The summed E-state index contributed by atoms with van der Waals surface area (Å²) in [6.45, 7) is 4.05. The van der Waals surface area contributed by atoms with E-state index in [-0.39, 0.29) is 12.4 Å². The molecular formula is C28H26N4O3. The SMILES string of the molecule is CC(C)c1ccc(OCC(=O)N/N=C/c2cc(N=Nc3cccc4ccccc34)ccc2O)cc1. The predicted octanol–water partition coefficient (Wildman–Crippen LogP) is 6.61.